The van der Waals surface area contributed by atoms with Crippen molar-refractivity contribution in [3.8, 4) is 0 Å². The maximum Gasteiger partial charge on any atom is 0.0868 e. The van der Waals surface area contributed by atoms with Crippen LogP contribution in [0.5, 0.6) is 0 Å². The molecule has 0 amide bonds. The number of benzene rings is 1. The van der Waals surface area contributed by atoms with E-state index in [1.807, 2.05) is 0 Å². The van der Waals surface area contributed by atoms with Crippen LogP contribution in [0, 0.1) is 0 Å². The average Bonchev–Trinajstić information content (AvgIpc) is 2.65. The smallest absolute Gasteiger partial charge is 0.0868 e. The van der Waals surface area contributed by atoms with Crippen molar-refractivity contribution in [3.05, 3.63) is 59.7 Å². The molecule has 5 atom stereocenters. The Hall–Kier alpha value is -0.0900. The molecule has 0 aliphatic carbocycles. The number of allylic oxidation sites excluding steroid dienone is 3. The fraction of sp³-hybridized carbons (Fsp3) is 0.500. The van der Waals surface area contributed by atoms with Crippen molar-refractivity contribution in [3.63, 3.8) is 0 Å². The fourth-order valence-corrected chi connectivity index (χ4v) is 3.92. The molecule has 0 saturated heterocycles. The normalized spacial score (nSPS) is 14.9. The van der Waals surface area contributed by atoms with E-state index in [0.717, 1.165) is 25.7 Å². The third-order valence-electron chi connectivity index (χ3n) is 4.15. The Morgan fingerprint density at radius 3 is 2.68 bits per heavy atom. The molecule has 0 radical (unpaired) electrons. The standard InChI is InChI=1S/C20H33O2P3/c1-3-5-14-18(21-23)15-9-7-6-8-12-17-13-10-11-16-19(17)20(4-2)22-25-24/h6-7,9-11,13,15-16,18,20,25H,3-5,8,12,14,23-24H2,1-2H3/b7-6-,15-9+. The molecule has 1 aromatic rings. The van der Waals surface area contributed by atoms with Gasteiger partial charge in [0.05, 0.1) is 12.2 Å². The Kier molecular flexibility index (Phi) is 13.8. The highest BCUT2D eigenvalue weighted by atomic mass is 32.0. The molecular formula is C20H33O2P3. The molecule has 0 fully saturated rings. The lowest BCUT2D eigenvalue weighted by molar-refractivity contribution is 0.237. The van der Waals surface area contributed by atoms with E-state index in [1.165, 1.54) is 24.0 Å². The molecular weight excluding hydrogens is 365 g/mol. The summed E-state index contributed by atoms with van der Waals surface area (Å²) in [6, 6.07) is 8.65. The van der Waals surface area contributed by atoms with Gasteiger partial charge in [-0.1, -0.05) is 84.2 Å². The maximum absolute atomic E-state index is 5.88. The Morgan fingerprint density at radius 2 is 2.00 bits per heavy atom. The number of unbranched alkanes of at least 4 members (excludes halogenated alkanes) is 1. The van der Waals surface area contributed by atoms with Crippen LogP contribution in [-0.2, 0) is 15.5 Å². The van der Waals surface area contributed by atoms with Crippen LogP contribution < -0.4 is 0 Å². The van der Waals surface area contributed by atoms with Crippen LogP contribution in [0.25, 0.3) is 0 Å². The van der Waals surface area contributed by atoms with Crippen LogP contribution in [0.2, 0.25) is 0 Å². The van der Waals surface area contributed by atoms with Gasteiger partial charge >= 0.3 is 0 Å². The van der Waals surface area contributed by atoms with E-state index in [1.54, 1.807) is 0 Å². The molecule has 0 bridgehead atoms. The van der Waals surface area contributed by atoms with Gasteiger partial charge < -0.3 is 9.05 Å². The Morgan fingerprint density at radius 1 is 1.20 bits per heavy atom. The van der Waals surface area contributed by atoms with Gasteiger partial charge in [0.25, 0.3) is 0 Å². The lowest BCUT2D eigenvalue weighted by atomic mass is 9.97. The van der Waals surface area contributed by atoms with Gasteiger partial charge in [-0.05, 0) is 36.8 Å². The Bertz CT molecular complexity index is 517. The first-order chi connectivity index (χ1) is 12.3. The van der Waals surface area contributed by atoms with E-state index >= 15 is 0 Å². The second kappa shape index (κ2) is 15.0. The zero-order valence-electron chi connectivity index (χ0n) is 15.5. The number of hydrogen-bond donors (Lipinski definition) is 0. The third-order valence-corrected chi connectivity index (χ3v) is 5.33. The lowest BCUT2D eigenvalue weighted by Gasteiger charge is -2.18. The molecule has 0 heterocycles. The minimum atomic E-state index is 0.200. The van der Waals surface area contributed by atoms with Crippen LogP contribution in [0.1, 0.15) is 63.2 Å². The van der Waals surface area contributed by atoms with Gasteiger partial charge in [-0.2, -0.15) is 0 Å². The van der Waals surface area contributed by atoms with Crippen LogP contribution in [0.3, 0.4) is 0 Å². The summed E-state index contributed by atoms with van der Waals surface area (Å²) in [5.74, 6) is 0. The molecule has 0 aliphatic heterocycles. The molecule has 1 aromatic carbocycles. The summed E-state index contributed by atoms with van der Waals surface area (Å²) in [5.41, 5.74) is 2.72. The van der Waals surface area contributed by atoms with Crippen molar-refractivity contribution >= 4 is 26.9 Å². The Balaban J connectivity index is 2.53. The van der Waals surface area contributed by atoms with Crippen molar-refractivity contribution in [2.75, 3.05) is 0 Å². The number of aryl methyl sites for hydroxylation is 1. The minimum Gasteiger partial charge on any atom is -0.358 e. The molecule has 2 nitrogen and oxygen atoms in total. The second-order valence-corrected chi connectivity index (χ2v) is 7.45. The minimum absolute atomic E-state index is 0.200. The van der Waals surface area contributed by atoms with Gasteiger partial charge in [-0.3, -0.25) is 0 Å². The van der Waals surface area contributed by atoms with Gasteiger partial charge in [-0.25, -0.2) is 0 Å². The molecule has 0 aliphatic rings. The van der Waals surface area contributed by atoms with Gasteiger partial charge in [0.2, 0.25) is 0 Å². The molecule has 140 valence electrons. The van der Waals surface area contributed by atoms with E-state index in [2.05, 4.69) is 80.8 Å². The first kappa shape index (κ1) is 23.0. The highest BCUT2D eigenvalue weighted by Gasteiger charge is 2.12. The summed E-state index contributed by atoms with van der Waals surface area (Å²) in [6.45, 7) is 4.38. The SMILES string of the molecule is CCCCC(/C=C/C=C\CCc1ccccc1C(CC)OPP)OP. The summed E-state index contributed by atoms with van der Waals surface area (Å²) >= 11 is 0. The van der Waals surface area contributed by atoms with Crippen LogP contribution >= 0.6 is 26.9 Å². The molecule has 25 heavy (non-hydrogen) atoms. The molecule has 5 heteroatoms. The quantitative estimate of drug-likeness (QED) is 0.264. The van der Waals surface area contributed by atoms with Crippen molar-refractivity contribution in [1.82, 2.24) is 0 Å². The molecule has 0 aromatic heterocycles. The van der Waals surface area contributed by atoms with E-state index in [0.29, 0.717) is 8.50 Å². The monoisotopic (exact) mass is 398 g/mol. The van der Waals surface area contributed by atoms with Crippen molar-refractivity contribution in [2.24, 2.45) is 0 Å². The van der Waals surface area contributed by atoms with E-state index < -0.39 is 0 Å². The van der Waals surface area contributed by atoms with Gasteiger partial charge in [0, 0.05) is 18.0 Å². The van der Waals surface area contributed by atoms with Crippen LogP contribution in [0.4, 0.5) is 0 Å². The molecule has 1 rings (SSSR count). The lowest BCUT2D eigenvalue weighted by Crippen LogP contribution is -2.02. The third kappa shape index (κ3) is 9.42. The largest absolute Gasteiger partial charge is 0.358 e. The van der Waals surface area contributed by atoms with Gasteiger partial charge in [-0.15, -0.1) is 0 Å². The summed E-state index contributed by atoms with van der Waals surface area (Å²) in [4.78, 5) is 0. The molecule has 5 unspecified atom stereocenters. The van der Waals surface area contributed by atoms with Gasteiger partial charge in [0.1, 0.15) is 0 Å². The van der Waals surface area contributed by atoms with Crippen LogP contribution in [-0.4, -0.2) is 6.10 Å². The van der Waals surface area contributed by atoms with Crippen molar-refractivity contribution < 1.29 is 9.05 Å². The second-order valence-electron chi connectivity index (χ2n) is 6.00. The average molecular weight is 398 g/mol. The van der Waals surface area contributed by atoms with Gasteiger partial charge in [0.15, 0.2) is 0 Å². The predicted octanol–water partition coefficient (Wildman–Crippen LogP) is 6.95. The summed E-state index contributed by atoms with van der Waals surface area (Å²) in [7, 11) is 5.49. The highest BCUT2D eigenvalue weighted by Crippen LogP contribution is 2.35. The maximum atomic E-state index is 5.88. The predicted molar refractivity (Wildman–Crippen MR) is 119 cm³/mol. The number of rotatable bonds is 13. The van der Waals surface area contributed by atoms with E-state index in [-0.39, 0.29) is 12.2 Å². The Labute approximate surface area is 160 Å². The molecule has 0 saturated carbocycles. The first-order valence-electron chi connectivity index (χ1n) is 9.14. The fourth-order valence-electron chi connectivity index (χ4n) is 2.74. The topological polar surface area (TPSA) is 18.5 Å². The zero-order valence-corrected chi connectivity index (χ0v) is 18.8. The van der Waals surface area contributed by atoms with Crippen molar-refractivity contribution in [1.29, 1.82) is 0 Å². The molecule has 0 spiro atoms. The number of hydrogen-bond acceptors (Lipinski definition) is 2. The summed E-state index contributed by atoms with van der Waals surface area (Å²) < 4.78 is 11.3. The van der Waals surface area contributed by atoms with Crippen LogP contribution in [0.15, 0.2) is 48.6 Å². The van der Waals surface area contributed by atoms with E-state index in [9.17, 15) is 0 Å². The summed E-state index contributed by atoms with van der Waals surface area (Å²) in [5, 5.41) is 0. The zero-order chi connectivity index (χ0) is 18.3. The molecule has 0 N–H and O–H groups in total. The highest BCUT2D eigenvalue weighted by molar-refractivity contribution is 8.00. The van der Waals surface area contributed by atoms with E-state index in [4.69, 9.17) is 9.05 Å². The first-order valence-corrected chi connectivity index (χ1v) is 12.3. The summed E-state index contributed by atoms with van der Waals surface area (Å²) in [6.07, 6.45) is 15.5. The van der Waals surface area contributed by atoms with Crippen molar-refractivity contribution in [2.45, 2.75) is 64.6 Å².